The third-order valence-electron chi connectivity index (χ3n) is 4.49. The summed E-state index contributed by atoms with van der Waals surface area (Å²) < 4.78 is 6.07. The number of hydrogen-bond acceptors (Lipinski definition) is 5. The molecule has 1 aliphatic rings. The molecule has 1 saturated heterocycles. The maximum atomic E-state index is 6.07. The molecule has 4 rings (SSSR count). The van der Waals surface area contributed by atoms with Gasteiger partial charge in [-0.05, 0) is 12.6 Å². The van der Waals surface area contributed by atoms with Crippen molar-refractivity contribution >= 4 is 17.0 Å². The Kier molecular flexibility index (Phi) is 4.10. The second-order valence-electron chi connectivity index (χ2n) is 6.00. The van der Waals surface area contributed by atoms with E-state index in [1.165, 1.54) is 5.56 Å². The van der Waals surface area contributed by atoms with Gasteiger partial charge in [0.25, 0.3) is 5.65 Å². The Morgan fingerprint density at radius 3 is 3.08 bits per heavy atom. The van der Waals surface area contributed by atoms with Crippen LogP contribution in [0.25, 0.3) is 11.2 Å². The van der Waals surface area contributed by atoms with Crippen molar-refractivity contribution in [2.45, 2.75) is 12.1 Å². The topological polar surface area (TPSA) is 80.2 Å². The summed E-state index contributed by atoms with van der Waals surface area (Å²) in [5.41, 5.74) is 2.84. The maximum Gasteiger partial charge on any atom is 0.260 e. The molecule has 124 valence electrons. The monoisotopic (exact) mass is 325 g/mol. The minimum Gasteiger partial charge on any atom is -0.372 e. The van der Waals surface area contributed by atoms with Gasteiger partial charge in [0.2, 0.25) is 12.1 Å². The third kappa shape index (κ3) is 2.83. The molecule has 2 aromatic heterocycles. The number of hydrogen-bond donors (Lipinski definition) is 2. The van der Waals surface area contributed by atoms with Crippen LogP contribution >= 0.6 is 0 Å². The smallest absolute Gasteiger partial charge is 0.260 e. The fourth-order valence-corrected chi connectivity index (χ4v) is 3.29. The van der Waals surface area contributed by atoms with E-state index < -0.39 is 0 Å². The van der Waals surface area contributed by atoms with Crippen LogP contribution in [0.1, 0.15) is 11.6 Å². The van der Waals surface area contributed by atoms with E-state index in [1.807, 2.05) is 6.07 Å². The van der Waals surface area contributed by atoms with Gasteiger partial charge in [0.15, 0.2) is 5.52 Å². The zero-order valence-electron chi connectivity index (χ0n) is 13.6. The SMILES string of the molecule is CN1CCO[C@@H](CNc2[nH+]cnc3nc[nH]c23)[C@@H]1c1ccccc1. The third-order valence-corrected chi connectivity index (χ3v) is 4.49. The van der Waals surface area contributed by atoms with E-state index in [9.17, 15) is 0 Å². The molecule has 0 saturated carbocycles. The van der Waals surface area contributed by atoms with Crippen molar-refractivity contribution < 1.29 is 9.72 Å². The summed E-state index contributed by atoms with van der Waals surface area (Å²) in [5.74, 6) is 0.876. The second kappa shape index (κ2) is 6.54. The Morgan fingerprint density at radius 2 is 2.21 bits per heavy atom. The molecule has 1 fully saturated rings. The van der Waals surface area contributed by atoms with Gasteiger partial charge in [0, 0.05) is 6.54 Å². The molecule has 1 aromatic carbocycles. The van der Waals surface area contributed by atoms with Gasteiger partial charge in [-0.3, -0.25) is 4.90 Å². The van der Waals surface area contributed by atoms with Crippen LogP contribution in [0.15, 0.2) is 43.0 Å². The summed E-state index contributed by atoms with van der Waals surface area (Å²) >= 11 is 0. The average molecular weight is 325 g/mol. The van der Waals surface area contributed by atoms with Crippen LogP contribution in [0.5, 0.6) is 0 Å². The number of likely N-dealkylation sites (N-methyl/N-ethyl adjacent to an activating group) is 1. The van der Waals surface area contributed by atoms with E-state index in [-0.39, 0.29) is 12.1 Å². The molecule has 3 N–H and O–H groups in total. The summed E-state index contributed by atoms with van der Waals surface area (Å²) in [6.45, 7) is 2.37. The number of fused-ring (bicyclic) bond motifs is 1. The van der Waals surface area contributed by atoms with Gasteiger partial charge in [-0.2, -0.15) is 0 Å². The lowest BCUT2D eigenvalue weighted by atomic mass is 9.98. The molecule has 0 unspecified atom stereocenters. The highest BCUT2D eigenvalue weighted by atomic mass is 16.5. The molecule has 0 amide bonds. The highest BCUT2D eigenvalue weighted by Crippen LogP contribution is 2.28. The number of imidazole rings is 1. The van der Waals surface area contributed by atoms with Crippen LogP contribution < -0.4 is 10.3 Å². The minimum absolute atomic E-state index is 0.0608. The molecule has 7 heteroatoms. The molecule has 7 nitrogen and oxygen atoms in total. The molecule has 0 aliphatic carbocycles. The van der Waals surface area contributed by atoms with Crippen LogP contribution in [-0.4, -0.2) is 52.7 Å². The number of aromatic nitrogens is 4. The summed E-state index contributed by atoms with van der Waals surface area (Å²) in [6, 6.07) is 10.7. The Labute approximate surface area is 140 Å². The van der Waals surface area contributed by atoms with Crippen molar-refractivity contribution in [3.8, 4) is 0 Å². The lowest BCUT2D eigenvalue weighted by Gasteiger charge is -2.39. The molecule has 0 bridgehead atoms. The Hall–Kier alpha value is -2.51. The number of morpholine rings is 1. The molecular formula is C17H21N6O+. The van der Waals surface area contributed by atoms with Gasteiger partial charge in [0.1, 0.15) is 6.10 Å². The first kappa shape index (κ1) is 15.0. The van der Waals surface area contributed by atoms with Gasteiger partial charge in [-0.15, -0.1) is 0 Å². The summed E-state index contributed by atoms with van der Waals surface area (Å²) in [5, 5.41) is 3.45. The first-order valence-corrected chi connectivity index (χ1v) is 8.13. The van der Waals surface area contributed by atoms with Crippen molar-refractivity contribution in [3.63, 3.8) is 0 Å². The fourth-order valence-electron chi connectivity index (χ4n) is 3.29. The van der Waals surface area contributed by atoms with Crippen molar-refractivity contribution in [1.29, 1.82) is 0 Å². The number of H-pyrrole nitrogens is 2. The van der Waals surface area contributed by atoms with Gasteiger partial charge < -0.3 is 15.0 Å². The minimum atomic E-state index is 0.0608. The Balaban J connectivity index is 1.54. The van der Waals surface area contributed by atoms with Crippen LogP contribution in [0.2, 0.25) is 0 Å². The van der Waals surface area contributed by atoms with Crippen molar-refractivity contribution in [2.24, 2.45) is 0 Å². The number of benzene rings is 1. The van der Waals surface area contributed by atoms with Crippen LogP contribution in [0.3, 0.4) is 0 Å². The van der Waals surface area contributed by atoms with Crippen LogP contribution in [-0.2, 0) is 4.74 Å². The molecule has 3 aromatic rings. The summed E-state index contributed by atoms with van der Waals surface area (Å²) in [4.78, 5) is 17.0. The fraction of sp³-hybridized carbons (Fsp3) is 0.353. The molecule has 2 atom stereocenters. The van der Waals surface area contributed by atoms with Crippen LogP contribution in [0.4, 0.5) is 5.82 Å². The molecule has 0 radical (unpaired) electrons. The van der Waals surface area contributed by atoms with Gasteiger partial charge in [-0.1, -0.05) is 35.3 Å². The number of nitrogens with zero attached hydrogens (tertiary/aromatic N) is 3. The molecule has 3 heterocycles. The summed E-state index contributed by atoms with van der Waals surface area (Å²) in [6.07, 6.45) is 3.35. The highest BCUT2D eigenvalue weighted by Gasteiger charge is 2.32. The first-order chi connectivity index (χ1) is 11.8. The number of ether oxygens (including phenoxy) is 1. The first-order valence-electron chi connectivity index (χ1n) is 8.13. The predicted octanol–water partition coefficient (Wildman–Crippen LogP) is 1.26. The van der Waals surface area contributed by atoms with E-state index in [2.05, 4.69) is 61.5 Å². The standard InChI is InChI=1S/C17H20N6O/c1-23-7-8-24-13(15(23)12-5-3-2-4-6-12)9-18-16-14-17(20-10-19-14)22-11-21-16/h2-6,10-11,13,15H,7-9H2,1H3,(H2,18,19,20,21,22)/p+1/t13-,15-/m0/s1. The number of anilines is 1. The van der Waals surface area contributed by atoms with E-state index >= 15 is 0 Å². The molecular weight excluding hydrogens is 304 g/mol. The lowest BCUT2D eigenvalue weighted by molar-refractivity contribution is -0.364. The zero-order valence-corrected chi connectivity index (χ0v) is 13.6. The molecule has 1 aliphatic heterocycles. The Bertz CT molecular complexity index is 805. The summed E-state index contributed by atoms with van der Waals surface area (Å²) in [7, 11) is 2.15. The number of aromatic amines is 2. The van der Waals surface area contributed by atoms with Crippen LogP contribution in [0, 0.1) is 0 Å². The predicted molar refractivity (Wildman–Crippen MR) is 90.5 cm³/mol. The van der Waals surface area contributed by atoms with Gasteiger partial charge >= 0.3 is 0 Å². The van der Waals surface area contributed by atoms with E-state index in [1.54, 1.807) is 12.7 Å². The van der Waals surface area contributed by atoms with E-state index in [0.717, 1.165) is 24.5 Å². The molecule has 0 spiro atoms. The van der Waals surface area contributed by atoms with Crippen molar-refractivity contribution in [3.05, 3.63) is 48.5 Å². The Morgan fingerprint density at radius 1 is 1.33 bits per heavy atom. The van der Waals surface area contributed by atoms with Crippen molar-refractivity contribution in [1.82, 2.24) is 19.9 Å². The molecule has 24 heavy (non-hydrogen) atoms. The quantitative estimate of drug-likeness (QED) is 0.755. The van der Waals surface area contributed by atoms with E-state index in [4.69, 9.17) is 4.74 Å². The lowest BCUT2D eigenvalue weighted by Crippen LogP contribution is -2.46. The van der Waals surface area contributed by atoms with Gasteiger partial charge in [-0.25, -0.2) is 9.97 Å². The maximum absolute atomic E-state index is 6.07. The average Bonchev–Trinajstić information content (AvgIpc) is 3.10. The zero-order chi connectivity index (χ0) is 16.4. The highest BCUT2D eigenvalue weighted by molar-refractivity contribution is 5.79. The number of nitrogens with one attached hydrogen (secondary N) is 3. The normalized spacial score (nSPS) is 21.9. The van der Waals surface area contributed by atoms with E-state index in [0.29, 0.717) is 12.2 Å². The van der Waals surface area contributed by atoms with Crippen molar-refractivity contribution in [2.75, 3.05) is 32.1 Å². The second-order valence-corrected chi connectivity index (χ2v) is 6.00. The van der Waals surface area contributed by atoms with Gasteiger partial charge in [0.05, 0.1) is 25.5 Å². The number of rotatable bonds is 4. The largest absolute Gasteiger partial charge is 0.372 e.